The molecule has 2 aliphatic heterocycles. The summed E-state index contributed by atoms with van der Waals surface area (Å²) in [4.78, 5) is 9.30. The Balaban J connectivity index is 1.70. The number of hydrogen-bond acceptors (Lipinski definition) is 4. The van der Waals surface area contributed by atoms with Gasteiger partial charge in [-0.05, 0) is 27.9 Å². The second-order valence-electron chi connectivity index (χ2n) is 5.46. The van der Waals surface area contributed by atoms with Crippen LogP contribution in [0.2, 0.25) is 0 Å². The van der Waals surface area contributed by atoms with Gasteiger partial charge in [0.2, 0.25) is 0 Å². The molecule has 0 N–H and O–H groups in total. The van der Waals surface area contributed by atoms with Crippen molar-refractivity contribution < 1.29 is 4.74 Å². The van der Waals surface area contributed by atoms with Crippen LogP contribution in [0, 0.1) is 5.92 Å². The van der Waals surface area contributed by atoms with E-state index < -0.39 is 0 Å². The molecular weight excluding hydrogens is 306 g/mol. The van der Waals surface area contributed by atoms with Crippen LogP contribution in [0.3, 0.4) is 0 Å². The van der Waals surface area contributed by atoms with Crippen molar-refractivity contribution in [3.63, 3.8) is 0 Å². The first-order valence-corrected chi connectivity index (χ1v) is 7.70. The zero-order valence-corrected chi connectivity index (χ0v) is 12.8. The molecule has 0 amide bonds. The maximum absolute atomic E-state index is 5.45. The van der Waals surface area contributed by atoms with Crippen molar-refractivity contribution in [3.8, 4) is 0 Å². The fraction of sp³-hybridized carbons (Fsp3) is 0.643. The van der Waals surface area contributed by atoms with Crippen LogP contribution in [0.1, 0.15) is 6.92 Å². The molecule has 19 heavy (non-hydrogen) atoms. The topological polar surface area (TPSA) is 28.6 Å². The van der Waals surface area contributed by atoms with Gasteiger partial charge in [-0.25, -0.2) is 0 Å². The fourth-order valence-corrected chi connectivity index (χ4v) is 3.47. The Kier molecular flexibility index (Phi) is 4.05. The molecule has 0 unspecified atom stereocenters. The van der Waals surface area contributed by atoms with Gasteiger partial charge < -0.3 is 9.64 Å². The van der Waals surface area contributed by atoms with Crippen LogP contribution >= 0.6 is 15.9 Å². The number of rotatable bonds is 2. The first kappa shape index (κ1) is 13.3. The van der Waals surface area contributed by atoms with E-state index in [0.29, 0.717) is 12.0 Å². The normalized spacial score (nSPS) is 28.8. The van der Waals surface area contributed by atoms with Gasteiger partial charge in [0.15, 0.2) is 0 Å². The molecule has 0 aliphatic carbocycles. The molecule has 2 aliphatic rings. The Bertz CT molecular complexity index is 436. The quantitative estimate of drug-likeness (QED) is 0.831. The van der Waals surface area contributed by atoms with E-state index in [2.05, 4.69) is 43.7 Å². The number of anilines is 1. The molecule has 2 fully saturated rings. The first-order valence-electron chi connectivity index (χ1n) is 6.91. The Labute approximate surface area is 122 Å². The minimum absolute atomic E-state index is 0.642. The van der Waals surface area contributed by atoms with E-state index in [1.165, 1.54) is 5.69 Å². The molecule has 0 radical (unpaired) electrons. The standard InChI is InChI=1S/C14H20BrN3O/c1-11-9-18(13-6-12(15)7-16-8-13)10-14(11)17-2-4-19-5-3-17/h6-8,11,14H,2-5,9-10H2,1H3/t11-,14+/m1/s1. The third kappa shape index (κ3) is 2.93. The maximum atomic E-state index is 5.45. The highest BCUT2D eigenvalue weighted by molar-refractivity contribution is 9.10. The summed E-state index contributed by atoms with van der Waals surface area (Å²) in [5, 5.41) is 0. The number of pyridine rings is 1. The highest BCUT2D eigenvalue weighted by atomic mass is 79.9. The third-order valence-electron chi connectivity index (χ3n) is 4.14. The van der Waals surface area contributed by atoms with Crippen molar-refractivity contribution in [1.82, 2.24) is 9.88 Å². The summed E-state index contributed by atoms with van der Waals surface area (Å²) >= 11 is 3.50. The van der Waals surface area contributed by atoms with Gasteiger partial charge in [0.1, 0.15) is 0 Å². The molecule has 3 heterocycles. The second kappa shape index (κ2) is 5.77. The van der Waals surface area contributed by atoms with Gasteiger partial charge >= 0.3 is 0 Å². The van der Waals surface area contributed by atoms with Gasteiger partial charge in [-0.1, -0.05) is 6.92 Å². The number of nitrogens with zero attached hydrogens (tertiary/aromatic N) is 3. The predicted molar refractivity (Wildman–Crippen MR) is 79.5 cm³/mol. The second-order valence-corrected chi connectivity index (χ2v) is 6.37. The van der Waals surface area contributed by atoms with Gasteiger partial charge in [-0.15, -0.1) is 0 Å². The van der Waals surface area contributed by atoms with Crippen LogP contribution in [0.25, 0.3) is 0 Å². The minimum atomic E-state index is 0.642. The monoisotopic (exact) mass is 325 g/mol. The van der Waals surface area contributed by atoms with Crippen LogP contribution in [0.15, 0.2) is 22.9 Å². The maximum Gasteiger partial charge on any atom is 0.0594 e. The number of halogens is 1. The average molecular weight is 326 g/mol. The number of aromatic nitrogens is 1. The highest BCUT2D eigenvalue weighted by Gasteiger charge is 2.34. The molecule has 0 spiro atoms. The van der Waals surface area contributed by atoms with E-state index in [1.54, 1.807) is 0 Å². The molecule has 0 bridgehead atoms. The van der Waals surface area contributed by atoms with Crippen LogP contribution < -0.4 is 4.90 Å². The van der Waals surface area contributed by atoms with Gasteiger partial charge in [-0.2, -0.15) is 0 Å². The molecule has 5 heteroatoms. The smallest absolute Gasteiger partial charge is 0.0594 e. The van der Waals surface area contributed by atoms with Gasteiger partial charge in [0.05, 0.1) is 25.1 Å². The summed E-state index contributed by atoms with van der Waals surface area (Å²) in [7, 11) is 0. The summed E-state index contributed by atoms with van der Waals surface area (Å²) < 4.78 is 6.50. The third-order valence-corrected chi connectivity index (χ3v) is 4.58. The van der Waals surface area contributed by atoms with E-state index in [1.807, 2.05) is 12.4 Å². The number of morpholine rings is 1. The Morgan fingerprint density at radius 1 is 1.26 bits per heavy atom. The van der Waals surface area contributed by atoms with Crippen molar-refractivity contribution in [2.45, 2.75) is 13.0 Å². The molecule has 0 aromatic carbocycles. The summed E-state index contributed by atoms with van der Waals surface area (Å²) in [6, 6.07) is 2.80. The van der Waals surface area contributed by atoms with Crippen LogP contribution in [-0.4, -0.2) is 55.3 Å². The molecule has 2 saturated heterocycles. The van der Waals surface area contributed by atoms with Crippen LogP contribution in [0.5, 0.6) is 0 Å². The van der Waals surface area contributed by atoms with Crippen molar-refractivity contribution in [3.05, 3.63) is 22.9 Å². The van der Waals surface area contributed by atoms with Crippen molar-refractivity contribution >= 4 is 21.6 Å². The lowest BCUT2D eigenvalue weighted by atomic mass is 10.0. The van der Waals surface area contributed by atoms with E-state index in [0.717, 1.165) is 43.9 Å². The average Bonchev–Trinajstić information content (AvgIpc) is 2.82. The molecule has 3 rings (SSSR count). The number of ether oxygens (including phenoxy) is 1. The first-order chi connectivity index (χ1) is 9.24. The lowest BCUT2D eigenvalue weighted by Crippen LogP contribution is -2.46. The van der Waals surface area contributed by atoms with Crippen molar-refractivity contribution in [2.24, 2.45) is 5.92 Å². The summed E-state index contributed by atoms with van der Waals surface area (Å²) in [5.41, 5.74) is 1.22. The van der Waals surface area contributed by atoms with Gasteiger partial charge in [0, 0.05) is 42.9 Å². The Morgan fingerprint density at radius 3 is 2.79 bits per heavy atom. The Morgan fingerprint density at radius 2 is 2.05 bits per heavy atom. The number of hydrogen-bond donors (Lipinski definition) is 0. The van der Waals surface area contributed by atoms with Crippen LogP contribution in [0.4, 0.5) is 5.69 Å². The lowest BCUT2D eigenvalue weighted by molar-refractivity contribution is 0.0134. The van der Waals surface area contributed by atoms with Gasteiger partial charge in [-0.3, -0.25) is 9.88 Å². The molecular formula is C14H20BrN3O. The molecule has 4 nitrogen and oxygen atoms in total. The molecule has 1 aromatic rings. The molecule has 104 valence electrons. The lowest BCUT2D eigenvalue weighted by Gasteiger charge is -2.34. The predicted octanol–water partition coefficient (Wildman–Crippen LogP) is 2.00. The highest BCUT2D eigenvalue weighted by Crippen LogP contribution is 2.28. The largest absolute Gasteiger partial charge is 0.379 e. The zero-order chi connectivity index (χ0) is 13.2. The summed E-state index contributed by atoms with van der Waals surface area (Å²) in [5.74, 6) is 0.692. The van der Waals surface area contributed by atoms with Crippen molar-refractivity contribution in [2.75, 3.05) is 44.3 Å². The zero-order valence-electron chi connectivity index (χ0n) is 11.3. The van der Waals surface area contributed by atoms with Crippen LogP contribution in [-0.2, 0) is 4.74 Å². The molecule has 2 atom stereocenters. The molecule has 1 aromatic heterocycles. The molecule has 0 saturated carbocycles. The van der Waals surface area contributed by atoms with E-state index in [9.17, 15) is 0 Å². The van der Waals surface area contributed by atoms with Gasteiger partial charge in [0.25, 0.3) is 0 Å². The van der Waals surface area contributed by atoms with E-state index in [4.69, 9.17) is 4.74 Å². The fourth-order valence-electron chi connectivity index (χ4n) is 3.12. The van der Waals surface area contributed by atoms with E-state index in [-0.39, 0.29) is 0 Å². The summed E-state index contributed by atoms with van der Waals surface area (Å²) in [6.45, 7) is 8.45. The van der Waals surface area contributed by atoms with Crippen molar-refractivity contribution in [1.29, 1.82) is 0 Å². The Hall–Kier alpha value is -0.650. The SMILES string of the molecule is C[C@@H]1CN(c2cncc(Br)c2)C[C@@H]1N1CCOCC1. The summed E-state index contributed by atoms with van der Waals surface area (Å²) in [6.07, 6.45) is 3.79. The minimum Gasteiger partial charge on any atom is -0.379 e. The van der Waals surface area contributed by atoms with E-state index >= 15 is 0 Å².